The maximum absolute atomic E-state index is 6.87. The summed E-state index contributed by atoms with van der Waals surface area (Å²) in [6, 6.07) is 41.5. The van der Waals surface area contributed by atoms with E-state index >= 15 is 0 Å². The maximum atomic E-state index is 6.87. The predicted octanol–water partition coefficient (Wildman–Crippen LogP) is 12.2. The van der Waals surface area contributed by atoms with Gasteiger partial charge in [0.05, 0.1) is 11.1 Å². The molecule has 6 aliphatic rings. The molecule has 254 valence electrons. The van der Waals surface area contributed by atoms with E-state index < -0.39 is 0 Å². The number of fused-ring (bicyclic) bond motifs is 14. The topological polar surface area (TPSA) is 34.8 Å². The van der Waals surface area contributed by atoms with Gasteiger partial charge in [0.25, 0.3) is 0 Å². The summed E-state index contributed by atoms with van der Waals surface area (Å²) in [7, 11) is 0. The third kappa shape index (κ3) is 4.01. The highest BCUT2D eigenvalue weighted by molar-refractivity contribution is 5.91. The molecule has 0 N–H and O–H groups in total. The van der Waals surface area contributed by atoms with E-state index in [2.05, 4.69) is 157 Å². The molecule has 0 saturated heterocycles. The Labute approximate surface area is 308 Å². The molecule has 0 saturated carbocycles. The second kappa shape index (κ2) is 10.9. The van der Waals surface area contributed by atoms with Crippen molar-refractivity contribution in [2.45, 2.75) is 37.0 Å². The van der Waals surface area contributed by atoms with Crippen LogP contribution >= 0.6 is 0 Å². The van der Waals surface area contributed by atoms with Gasteiger partial charge in [-0.3, -0.25) is 0 Å². The van der Waals surface area contributed by atoms with E-state index in [9.17, 15) is 0 Å². The number of para-hydroxylation sites is 1. The van der Waals surface area contributed by atoms with Crippen molar-refractivity contribution in [3.8, 4) is 11.5 Å². The zero-order valence-electron chi connectivity index (χ0n) is 29.1. The van der Waals surface area contributed by atoms with Crippen molar-refractivity contribution in [1.29, 1.82) is 0 Å². The summed E-state index contributed by atoms with van der Waals surface area (Å²) in [6.07, 6.45) is 18.0. The Kier molecular flexibility index (Phi) is 6.02. The van der Waals surface area contributed by atoms with E-state index in [0.29, 0.717) is 5.75 Å². The minimum Gasteiger partial charge on any atom is -0.456 e. The Bertz CT molecular complexity index is 2710. The summed E-state index contributed by atoms with van der Waals surface area (Å²) in [4.78, 5) is 2.29. The lowest BCUT2D eigenvalue weighted by atomic mass is 9.64. The highest BCUT2D eigenvalue weighted by Gasteiger charge is 2.58. The Morgan fingerprint density at radius 2 is 1.38 bits per heavy atom. The van der Waals surface area contributed by atoms with Crippen LogP contribution in [0.25, 0.3) is 22.6 Å². The van der Waals surface area contributed by atoms with Gasteiger partial charge in [-0.2, -0.15) is 0 Å². The molecule has 12 rings (SSSR count). The lowest BCUT2D eigenvalue weighted by Gasteiger charge is -2.39. The quantitative estimate of drug-likeness (QED) is 0.186. The summed E-state index contributed by atoms with van der Waals surface area (Å²) in [6.45, 7) is 0. The van der Waals surface area contributed by atoms with Crippen LogP contribution in [0, 0.1) is 5.92 Å². The van der Waals surface area contributed by atoms with Gasteiger partial charge in [0, 0.05) is 40.2 Å². The van der Waals surface area contributed by atoms with Crippen molar-refractivity contribution in [1.82, 2.24) is 0 Å². The Balaban J connectivity index is 0.971. The first kappa shape index (κ1) is 29.3. The van der Waals surface area contributed by atoms with E-state index in [0.717, 1.165) is 71.4 Å². The fraction of sp³-hybridized carbons (Fsp3) is 0.143. The van der Waals surface area contributed by atoms with Crippen LogP contribution in [0.5, 0.6) is 11.5 Å². The highest BCUT2D eigenvalue weighted by Crippen LogP contribution is 2.66. The third-order valence-electron chi connectivity index (χ3n) is 12.3. The molecule has 1 aromatic heterocycles. The molecule has 5 aliphatic carbocycles. The average molecular weight is 686 g/mol. The van der Waals surface area contributed by atoms with Gasteiger partial charge in [0.2, 0.25) is 0 Å². The van der Waals surface area contributed by atoms with Crippen LogP contribution in [0.3, 0.4) is 0 Å². The van der Waals surface area contributed by atoms with E-state index in [-0.39, 0.29) is 17.3 Å². The zero-order valence-corrected chi connectivity index (χ0v) is 29.1. The van der Waals surface area contributed by atoms with Crippen molar-refractivity contribution < 1.29 is 13.9 Å². The second-order valence-corrected chi connectivity index (χ2v) is 15.0. The number of allylic oxidation sites excluding steroid dienone is 7. The number of benzene rings is 5. The average Bonchev–Trinajstić information content (AvgIpc) is 3.83. The number of furan rings is 1. The molecule has 0 radical (unpaired) electrons. The molecule has 0 amide bonds. The fourth-order valence-electron chi connectivity index (χ4n) is 10.2. The minimum absolute atomic E-state index is 0.150. The first-order valence-electron chi connectivity index (χ1n) is 18.9. The van der Waals surface area contributed by atoms with Crippen molar-refractivity contribution in [3.05, 3.63) is 196 Å². The number of ether oxygens (including phenoxy) is 2. The van der Waals surface area contributed by atoms with Crippen LogP contribution < -0.4 is 14.4 Å². The first-order chi connectivity index (χ1) is 26.3. The van der Waals surface area contributed by atoms with Crippen LogP contribution in [0.4, 0.5) is 17.1 Å². The van der Waals surface area contributed by atoms with E-state index in [1.54, 1.807) is 0 Å². The molecular weight excluding hydrogens is 651 g/mol. The van der Waals surface area contributed by atoms with E-state index in [4.69, 9.17) is 13.9 Å². The van der Waals surface area contributed by atoms with Crippen LogP contribution in [0.2, 0.25) is 0 Å². The van der Waals surface area contributed by atoms with Crippen molar-refractivity contribution in [3.63, 3.8) is 0 Å². The molecule has 0 fully saturated rings. The SMILES string of the molecule is C1=CC2=C(CC1)c1ccccc1C21c2ccccc2C2C=C3Oc4cc(N(c5ccccc5)c5ccc6oc7c(c6c5)CCC=C7)ccc4OC3=CC21. The number of nitrogens with zero attached hydrogens (tertiary/aromatic N) is 1. The number of aryl methyl sites for hydroxylation is 1. The van der Waals surface area contributed by atoms with Gasteiger partial charge in [0.15, 0.2) is 23.0 Å². The smallest absolute Gasteiger partial charge is 0.172 e. The number of hydrogen-bond acceptors (Lipinski definition) is 4. The predicted molar refractivity (Wildman–Crippen MR) is 211 cm³/mol. The van der Waals surface area contributed by atoms with Gasteiger partial charge >= 0.3 is 0 Å². The Morgan fingerprint density at radius 1 is 0.623 bits per heavy atom. The lowest BCUT2D eigenvalue weighted by molar-refractivity contribution is 0.275. The van der Waals surface area contributed by atoms with E-state index in [1.807, 2.05) is 0 Å². The molecule has 3 unspecified atom stereocenters. The monoisotopic (exact) mass is 685 g/mol. The number of rotatable bonds is 3. The molecule has 2 heterocycles. The van der Waals surface area contributed by atoms with Gasteiger partial charge in [0.1, 0.15) is 11.3 Å². The largest absolute Gasteiger partial charge is 0.456 e. The summed E-state index contributed by atoms with van der Waals surface area (Å²) in [5.74, 6) is 4.31. The van der Waals surface area contributed by atoms with Crippen molar-refractivity contribution >= 4 is 39.7 Å². The molecule has 4 heteroatoms. The molecule has 0 bridgehead atoms. The number of anilines is 3. The Hall–Kier alpha value is -6.26. The van der Waals surface area contributed by atoms with Crippen LogP contribution in [-0.4, -0.2) is 0 Å². The van der Waals surface area contributed by atoms with Gasteiger partial charge in [-0.15, -0.1) is 0 Å². The molecule has 5 aromatic carbocycles. The second-order valence-electron chi connectivity index (χ2n) is 15.0. The van der Waals surface area contributed by atoms with Crippen molar-refractivity contribution in [2.24, 2.45) is 5.92 Å². The van der Waals surface area contributed by atoms with Crippen LogP contribution in [0.15, 0.2) is 167 Å². The summed E-state index contributed by atoms with van der Waals surface area (Å²) in [5, 5.41) is 1.17. The van der Waals surface area contributed by atoms with Gasteiger partial charge in [-0.05, 0) is 120 Å². The third-order valence-corrected chi connectivity index (χ3v) is 12.3. The van der Waals surface area contributed by atoms with Gasteiger partial charge in [-0.1, -0.05) is 85.0 Å². The molecular formula is C49H35NO3. The molecule has 3 atom stereocenters. The standard InChI is InChI=1S/C49H35NO3/c1-2-12-30(13-3-1)50(31-22-24-44-38(26-31)36-17-7-11-21-43(36)51-44)32-23-25-45-46(27-32)53-47-28-37-35-16-6-10-20-41(35)49(42(37)29-48(47)52-45)39-18-8-4-14-33(39)34-15-5-9-19-40(34)49/h1-4,6,8-14,16,18-29,37,42H,5,7,15,17H2. The fourth-order valence-corrected chi connectivity index (χ4v) is 10.2. The zero-order chi connectivity index (χ0) is 34.7. The normalized spacial score (nSPS) is 22.4. The maximum Gasteiger partial charge on any atom is 0.172 e. The van der Waals surface area contributed by atoms with Gasteiger partial charge < -0.3 is 18.8 Å². The molecule has 6 aromatic rings. The highest BCUT2D eigenvalue weighted by atomic mass is 16.6. The summed E-state index contributed by atoms with van der Waals surface area (Å²) in [5.41, 5.74) is 13.6. The van der Waals surface area contributed by atoms with Crippen molar-refractivity contribution in [2.75, 3.05) is 4.90 Å². The minimum atomic E-state index is -0.269. The molecule has 4 nitrogen and oxygen atoms in total. The molecule has 53 heavy (non-hydrogen) atoms. The van der Waals surface area contributed by atoms with E-state index in [1.165, 1.54) is 44.3 Å². The Morgan fingerprint density at radius 3 is 2.32 bits per heavy atom. The first-order valence-corrected chi connectivity index (χ1v) is 18.9. The lowest BCUT2D eigenvalue weighted by Crippen LogP contribution is -2.35. The summed E-state index contributed by atoms with van der Waals surface area (Å²) < 4.78 is 19.9. The summed E-state index contributed by atoms with van der Waals surface area (Å²) >= 11 is 0. The van der Waals surface area contributed by atoms with Crippen LogP contribution in [-0.2, 0) is 11.8 Å². The number of hydrogen-bond donors (Lipinski definition) is 0. The molecule has 1 aliphatic heterocycles. The van der Waals surface area contributed by atoms with Gasteiger partial charge in [-0.25, -0.2) is 0 Å². The molecule has 1 spiro atoms. The van der Waals surface area contributed by atoms with Crippen LogP contribution in [0.1, 0.15) is 58.8 Å².